The van der Waals surface area contributed by atoms with E-state index >= 15 is 0 Å². The first-order chi connectivity index (χ1) is 7.98. The van der Waals surface area contributed by atoms with Crippen molar-refractivity contribution >= 4 is 11.6 Å². The number of hydrogen-bond acceptors (Lipinski definition) is 1. The van der Waals surface area contributed by atoms with Crippen molar-refractivity contribution in [3.63, 3.8) is 0 Å². The molecule has 1 aromatic rings. The molecule has 2 rings (SSSR count). The van der Waals surface area contributed by atoms with Crippen molar-refractivity contribution in [2.24, 2.45) is 11.3 Å². The molecule has 3 atom stereocenters. The lowest BCUT2D eigenvalue weighted by molar-refractivity contribution is 0.00144. The molecule has 0 aromatic heterocycles. The zero-order valence-corrected chi connectivity index (χ0v) is 11.9. The Kier molecular flexibility index (Phi) is 3.51. The first-order valence-electron chi connectivity index (χ1n) is 6.47. The summed E-state index contributed by atoms with van der Waals surface area (Å²) < 4.78 is 0. The summed E-state index contributed by atoms with van der Waals surface area (Å²) in [6.45, 7) is 10.3. The Morgan fingerprint density at radius 2 is 1.82 bits per heavy atom. The van der Waals surface area contributed by atoms with Crippen molar-refractivity contribution in [1.29, 1.82) is 0 Å². The highest BCUT2D eigenvalue weighted by molar-refractivity contribution is 6.30. The van der Waals surface area contributed by atoms with Gasteiger partial charge in [0, 0.05) is 11.1 Å². The normalized spacial score (nSPS) is 31.0. The molecule has 17 heavy (non-hydrogen) atoms. The van der Waals surface area contributed by atoms with Crippen LogP contribution in [0, 0.1) is 11.3 Å². The van der Waals surface area contributed by atoms with E-state index in [9.17, 15) is 0 Å². The van der Waals surface area contributed by atoms with Gasteiger partial charge in [0.2, 0.25) is 0 Å². The third-order valence-electron chi connectivity index (χ3n) is 4.31. The van der Waals surface area contributed by atoms with E-state index in [2.05, 4.69) is 45.1 Å². The Morgan fingerprint density at radius 1 is 1.24 bits per heavy atom. The molecule has 0 heterocycles. The van der Waals surface area contributed by atoms with Crippen LogP contribution in [-0.4, -0.2) is 12.6 Å². The summed E-state index contributed by atoms with van der Waals surface area (Å²) in [6, 6.07) is 8.97. The molecule has 0 bridgehead atoms. The summed E-state index contributed by atoms with van der Waals surface area (Å²) in [5.74, 6) is 1.31. The van der Waals surface area contributed by atoms with Crippen molar-refractivity contribution in [3.8, 4) is 0 Å². The standard InChI is InChI=1S/C15H22ClN/c1-5-17-14-10(2)13(15(14,3)4)11-6-8-12(16)9-7-11/h6-10,13-14,17H,5H2,1-4H3. The molecule has 0 saturated heterocycles. The number of hydrogen-bond donors (Lipinski definition) is 1. The quantitative estimate of drug-likeness (QED) is 0.854. The van der Waals surface area contributed by atoms with Gasteiger partial charge in [0.15, 0.2) is 0 Å². The maximum Gasteiger partial charge on any atom is 0.0406 e. The third kappa shape index (κ3) is 2.11. The average Bonchev–Trinajstić information content (AvgIpc) is 2.28. The van der Waals surface area contributed by atoms with Gasteiger partial charge in [-0.1, -0.05) is 51.4 Å². The summed E-state index contributed by atoms with van der Waals surface area (Å²) in [4.78, 5) is 0. The van der Waals surface area contributed by atoms with Crippen LogP contribution in [0.25, 0.3) is 0 Å². The van der Waals surface area contributed by atoms with Crippen LogP contribution in [-0.2, 0) is 0 Å². The van der Waals surface area contributed by atoms with E-state index in [1.807, 2.05) is 12.1 Å². The molecule has 3 unspecified atom stereocenters. The highest BCUT2D eigenvalue weighted by Crippen LogP contribution is 2.56. The van der Waals surface area contributed by atoms with E-state index in [0.717, 1.165) is 11.6 Å². The Morgan fingerprint density at radius 3 is 2.29 bits per heavy atom. The minimum Gasteiger partial charge on any atom is -0.313 e. The van der Waals surface area contributed by atoms with Gasteiger partial charge in [0.1, 0.15) is 0 Å². The monoisotopic (exact) mass is 251 g/mol. The maximum atomic E-state index is 5.95. The van der Waals surface area contributed by atoms with Crippen LogP contribution < -0.4 is 5.32 Å². The molecule has 1 aliphatic rings. The van der Waals surface area contributed by atoms with E-state index in [4.69, 9.17) is 11.6 Å². The lowest BCUT2D eigenvalue weighted by Crippen LogP contribution is -2.61. The second kappa shape index (κ2) is 4.62. The van der Waals surface area contributed by atoms with Crippen molar-refractivity contribution in [3.05, 3.63) is 34.9 Å². The first-order valence-corrected chi connectivity index (χ1v) is 6.85. The predicted octanol–water partition coefficient (Wildman–Crippen LogP) is 4.08. The molecular formula is C15H22ClN. The Hall–Kier alpha value is -0.530. The summed E-state index contributed by atoms with van der Waals surface area (Å²) in [5.41, 5.74) is 1.74. The Labute approximate surface area is 110 Å². The topological polar surface area (TPSA) is 12.0 Å². The minimum atomic E-state index is 0.323. The van der Waals surface area contributed by atoms with Gasteiger partial charge < -0.3 is 5.32 Å². The van der Waals surface area contributed by atoms with Crippen LogP contribution in [0.3, 0.4) is 0 Å². The lowest BCUT2D eigenvalue weighted by Gasteiger charge is -2.58. The molecule has 1 fully saturated rings. The van der Waals surface area contributed by atoms with Crippen LogP contribution in [0.5, 0.6) is 0 Å². The molecule has 1 nitrogen and oxygen atoms in total. The molecule has 0 amide bonds. The van der Waals surface area contributed by atoms with Crippen molar-refractivity contribution in [2.75, 3.05) is 6.54 Å². The fourth-order valence-corrected chi connectivity index (χ4v) is 3.82. The van der Waals surface area contributed by atoms with Crippen molar-refractivity contribution in [2.45, 2.75) is 39.7 Å². The van der Waals surface area contributed by atoms with E-state index in [1.54, 1.807) is 0 Å². The summed E-state index contributed by atoms with van der Waals surface area (Å²) in [5, 5.41) is 4.43. The summed E-state index contributed by atoms with van der Waals surface area (Å²) >= 11 is 5.95. The first kappa shape index (κ1) is 12.9. The van der Waals surface area contributed by atoms with Crippen LogP contribution in [0.4, 0.5) is 0 Å². The van der Waals surface area contributed by atoms with Gasteiger partial charge in [-0.2, -0.15) is 0 Å². The predicted molar refractivity (Wildman–Crippen MR) is 74.6 cm³/mol. The van der Waals surface area contributed by atoms with Gasteiger partial charge in [0.05, 0.1) is 0 Å². The molecule has 1 saturated carbocycles. The highest BCUT2D eigenvalue weighted by atomic mass is 35.5. The van der Waals surface area contributed by atoms with Crippen molar-refractivity contribution < 1.29 is 0 Å². The van der Waals surface area contributed by atoms with Gasteiger partial charge in [-0.05, 0) is 41.5 Å². The zero-order valence-electron chi connectivity index (χ0n) is 11.1. The summed E-state index contributed by atoms with van der Waals surface area (Å²) in [7, 11) is 0. The smallest absolute Gasteiger partial charge is 0.0406 e. The largest absolute Gasteiger partial charge is 0.313 e. The van der Waals surface area contributed by atoms with E-state index in [0.29, 0.717) is 23.3 Å². The van der Waals surface area contributed by atoms with Crippen molar-refractivity contribution in [1.82, 2.24) is 5.32 Å². The number of benzene rings is 1. The van der Waals surface area contributed by atoms with E-state index in [1.165, 1.54) is 5.56 Å². The van der Waals surface area contributed by atoms with Gasteiger partial charge in [-0.25, -0.2) is 0 Å². The van der Waals surface area contributed by atoms with E-state index < -0.39 is 0 Å². The SMILES string of the molecule is CCNC1C(C)C(c2ccc(Cl)cc2)C1(C)C. The van der Waals surface area contributed by atoms with Crippen LogP contribution in [0.1, 0.15) is 39.2 Å². The fourth-order valence-electron chi connectivity index (χ4n) is 3.69. The van der Waals surface area contributed by atoms with E-state index in [-0.39, 0.29) is 0 Å². The number of rotatable bonds is 3. The van der Waals surface area contributed by atoms with Gasteiger partial charge >= 0.3 is 0 Å². The second-order valence-electron chi connectivity index (χ2n) is 5.75. The molecule has 1 aliphatic carbocycles. The Balaban J connectivity index is 2.21. The highest BCUT2D eigenvalue weighted by Gasteiger charge is 2.53. The van der Waals surface area contributed by atoms with Gasteiger partial charge in [-0.15, -0.1) is 0 Å². The molecule has 1 aromatic carbocycles. The molecule has 1 N–H and O–H groups in total. The Bertz CT molecular complexity index is 382. The molecule has 0 radical (unpaired) electrons. The molecule has 0 spiro atoms. The molecular weight excluding hydrogens is 230 g/mol. The minimum absolute atomic E-state index is 0.323. The zero-order chi connectivity index (χ0) is 12.6. The summed E-state index contributed by atoms with van der Waals surface area (Å²) in [6.07, 6.45) is 0. The molecule has 0 aliphatic heterocycles. The average molecular weight is 252 g/mol. The number of nitrogens with one attached hydrogen (secondary N) is 1. The fraction of sp³-hybridized carbons (Fsp3) is 0.600. The number of halogens is 1. The van der Waals surface area contributed by atoms with Crippen LogP contribution in [0.15, 0.2) is 24.3 Å². The van der Waals surface area contributed by atoms with Crippen LogP contribution in [0.2, 0.25) is 5.02 Å². The molecule has 2 heteroatoms. The maximum absolute atomic E-state index is 5.95. The second-order valence-corrected chi connectivity index (χ2v) is 6.18. The van der Waals surface area contributed by atoms with Gasteiger partial charge in [-0.3, -0.25) is 0 Å². The third-order valence-corrected chi connectivity index (χ3v) is 4.56. The van der Waals surface area contributed by atoms with Gasteiger partial charge in [0.25, 0.3) is 0 Å². The molecule has 94 valence electrons. The lowest BCUT2D eigenvalue weighted by atomic mass is 9.50. The van der Waals surface area contributed by atoms with Crippen LogP contribution >= 0.6 is 11.6 Å².